The molecule has 0 aliphatic rings. The summed E-state index contributed by atoms with van der Waals surface area (Å²) in [6.07, 6.45) is 4.39. The van der Waals surface area contributed by atoms with E-state index in [0.29, 0.717) is 0 Å². The standard InChI is InChI=1S/C31H25N/c1-24-14-20-29(21-15-24)32(28-11-3-2-4-12-28)30-22-17-25(18-23-30)16-19-27-10-7-9-26-8-5-6-13-31(26)27/h2-23H,1H3. The Morgan fingerprint density at radius 1 is 0.500 bits per heavy atom. The summed E-state index contributed by atoms with van der Waals surface area (Å²) in [5.74, 6) is 0. The van der Waals surface area contributed by atoms with E-state index in [2.05, 4.69) is 145 Å². The Hall–Kier alpha value is -4.10. The van der Waals surface area contributed by atoms with E-state index in [1.54, 1.807) is 0 Å². The van der Waals surface area contributed by atoms with Crippen molar-refractivity contribution in [2.24, 2.45) is 0 Å². The SMILES string of the molecule is Cc1ccc(N(c2ccccc2)c2ccc(C=Cc3cccc4ccccc34)cc2)cc1. The van der Waals surface area contributed by atoms with E-state index in [0.717, 1.165) is 17.1 Å². The molecule has 0 unspecified atom stereocenters. The fraction of sp³-hybridized carbons (Fsp3) is 0.0323. The van der Waals surface area contributed by atoms with Gasteiger partial charge in [0.2, 0.25) is 0 Å². The molecular weight excluding hydrogens is 386 g/mol. The molecule has 0 atom stereocenters. The second kappa shape index (κ2) is 8.95. The summed E-state index contributed by atoms with van der Waals surface area (Å²) in [6, 6.07) is 42.9. The number of para-hydroxylation sites is 1. The molecule has 0 amide bonds. The van der Waals surface area contributed by atoms with Gasteiger partial charge in [0.1, 0.15) is 0 Å². The van der Waals surface area contributed by atoms with Crippen molar-refractivity contribution in [1.29, 1.82) is 0 Å². The molecule has 32 heavy (non-hydrogen) atoms. The van der Waals surface area contributed by atoms with Crippen LogP contribution >= 0.6 is 0 Å². The van der Waals surface area contributed by atoms with Crippen LogP contribution < -0.4 is 4.90 Å². The highest BCUT2D eigenvalue weighted by molar-refractivity contribution is 5.92. The molecule has 154 valence electrons. The Labute approximate surface area is 189 Å². The second-order valence-electron chi connectivity index (χ2n) is 8.00. The van der Waals surface area contributed by atoms with E-state index < -0.39 is 0 Å². The summed E-state index contributed by atoms with van der Waals surface area (Å²) in [7, 11) is 0. The van der Waals surface area contributed by atoms with Gasteiger partial charge in [0, 0.05) is 17.1 Å². The van der Waals surface area contributed by atoms with Gasteiger partial charge in [-0.15, -0.1) is 0 Å². The number of benzene rings is 5. The number of rotatable bonds is 5. The summed E-state index contributed by atoms with van der Waals surface area (Å²) in [5, 5.41) is 2.54. The normalized spacial score (nSPS) is 11.2. The molecule has 0 bridgehead atoms. The van der Waals surface area contributed by atoms with Crippen molar-refractivity contribution in [3.05, 3.63) is 138 Å². The van der Waals surface area contributed by atoms with Gasteiger partial charge in [-0.2, -0.15) is 0 Å². The summed E-state index contributed by atoms with van der Waals surface area (Å²) in [5.41, 5.74) is 7.12. The molecule has 0 spiro atoms. The number of hydrogen-bond acceptors (Lipinski definition) is 1. The minimum absolute atomic E-state index is 1.14. The third kappa shape index (κ3) is 4.19. The van der Waals surface area contributed by atoms with Gasteiger partial charge in [-0.05, 0) is 65.2 Å². The van der Waals surface area contributed by atoms with E-state index in [9.17, 15) is 0 Å². The monoisotopic (exact) mass is 411 g/mol. The minimum atomic E-state index is 1.14. The summed E-state index contributed by atoms with van der Waals surface area (Å²) >= 11 is 0. The molecule has 5 rings (SSSR count). The van der Waals surface area contributed by atoms with E-state index in [1.165, 1.54) is 27.5 Å². The molecule has 0 saturated carbocycles. The number of fused-ring (bicyclic) bond motifs is 1. The van der Waals surface area contributed by atoms with Gasteiger partial charge in [-0.1, -0.05) is 103 Å². The molecule has 0 aliphatic heterocycles. The van der Waals surface area contributed by atoms with Crippen molar-refractivity contribution in [3.63, 3.8) is 0 Å². The zero-order chi connectivity index (χ0) is 21.8. The molecule has 1 heteroatoms. The lowest BCUT2D eigenvalue weighted by atomic mass is 10.0. The molecule has 0 saturated heterocycles. The van der Waals surface area contributed by atoms with Gasteiger partial charge >= 0.3 is 0 Å². The average Bonchev–Trinajstić information content (AvgIpc) is 2.85. The van der Waals surface area contributed by atoms with Gasteiger partial charge in [-0.3, -0.25) is 0 Å². The number of anilines is 3. The van der Waals surface area contributed by atoms with Crippen LogP contribution in [0.2, 0.25) is 0 Å². The summed E-state index contributed by atoms with van der Waals surface area (Å²) < 4.78 is 0. The Morgan fingerprint density at radius 3 is 1.84 bits per heavy atom. The Balaban J connectivity index is 1.46. The van der Waals surface area contributed by atoms with Crippen LogP contribution in [-0.2, 0) is 0 Å². The summed E-state index contributed by atoms with van der Waals surface area (Å²) in [6.45, 7) is 2.12. The maximum atomic E-state index is 2.29. The van der Waals surface area contributed by atoms with Crippen molar-refractivity contribution in [2.75, 3.05) is 4.90 Å². The topological polar surface area (TPSA) is 3.24 Å². The maximum absolute atomic E-state index is 2.29. The highest BCUT2D eigenvalue weighted by atomic mass is 15.1. The molecule has 0 heterocycles. The average molecular weight is 412 g/mol. The Bertz CT molecular complexity index is 1340. The maximum Gasteiger partial charge on any atom is 0.0462 e. The molecule has 5 aromatic rings. The number of nitrogens with zero attached hydrogens (tertiary/aromatic N) is 1. The third-order valence-electron chi connectivity index (χ3n) is 5.74. The van der Waals surface area contributed by atoms with Crippen LogP contribution in [0.5, 0.6) is 0 Å². The Kier molecular flexibility index (Phi) is 5.55. The van der Waals surface area contributed by atoms with E-state index in [4.69, 9.17) is 0 Å². The van der Waals surface area contributed by atoms with Crippen molar-refractivity contribution in [3.8, 4) is 0 Å². The zero-order valence-corrected chi connectivity index (χ0v) is 18.1. The fourth-order valence-electron chi connectivity index (χ4n) is 4.03. The Morgan fingerprint density at radius 2 is 1.09 bits per heavy atom. The first-order valence-corrected chi connectivity index (χ1v) is 11.0. The highest BCUT2D eigenvalue weighted by Crippen LogP contribution is 2.34. The lowest BCUT2D eigenvalue weighted by Crippen LogP contribution is -2.09. The number of aryl methyl sites for hydroxylation is 1. The molecule has 5 aromatic carbocycles. The lowest BCUT2D eigenvalue weighted by molar-refractivity contribution is 1.27. The van der Waals surface area contributed by atoms with Gasteiger partial charge in [0.25, 0.3) is 0 Å². The molecular formula is C31H25N. The lowest BCUT2D eigenvalue weighted by Gasteiger charge is -2.25. The molecule has 0 N–H and O–H groups in total. The fourth-order valence-corrected chi connectivity index (χ4v) is 4.03. The zero-order valence-electron chi connectivity index (χ0n) is 18.1. The van der Waals surface area contributed by atoms with Crippen molar-refractivity contribution in [2.45, 2.75) is 6.92 Å². The van der Waals surface area contributed by atoms with Crippen molar-refractivity contribution in [1.82, 2.24) is 0 Å². The van der Waals surface area contributed by atoms with Crippen LogP contribution in [0.15, 0.2) is 121 Å². The third-order valence-corrected chi connectivity index (χ3v) is 5.74. The van der Waals surface area contributed by atoms with Crippen LogP contribution in [0.25, 0.3) is 22.9 Å². The van der Waals surface area contributed by atoms with Gasteiger partial charge in [-0.25, -0.2) is 0 Å². The molecule has 0 aromatic heterocycles. The first kappa shape index (κ1) is 19.8. The van der Waals surface area contributed by atoms with E-state index in [-0.39, 0.29) is 0 Å². The van der Waals surface area contributed by atoms with Crippen LogP contribution in [-0.4, -0.2) is 0 Å². The second-order valence-corrected chi connectivity index (χ2v) is 8.00. The highest BCUT2D eigenvalue weighted by Gasteiger charge is 2.11. The first-order valence-electron chi connectivity index (χ1n) is 11.0. The van der Waals surface area contributed by atoms with Gasteiger partial charge in [0.05, 0.1) is 0 Å². The molecule has 0 fully saturated rings. The predicted octanol–water partition coefficient (Wildman–Crippen LogP) is 8.79. The largest absolute Gasteiger partial charge is 0.311 e. The molecule has 1 nitrogen and oxygen atoms in total. The molecule has 0 aliphatic carbocycles. The number of hydrogen-bond donors (Lipinski definition) is 0. The summed E-state index contributed by atoms with van der Waals surface area (Å²) in [4.78, 5) is 2.29. The van der Waals surface area contributed by atoms with E-state index >= 15 is 0 Å². The van der Waals surface area contributed by atoms with E-state index in [1.807, 2.05) is 0 Å². The minimum Gasteiger partial charge on any atom is -0.311 e. The van der Waals surface area contributed by atoms with Crippen LogP contribution in [0.3, 0.4) is 0 Å². The molecule has 0 radical (unpaired) electrons. The van der Waals surface area contributed by atoms with Crippen LogP contribution in [0.1, 0.15) is 16.7 Å². The quantitative estimate of drug-likeness (QED) is 0.261. The van der Waals surface area contributed by atoms with Crippen LogP contribution in [0, 0.1) is 6.92 Å². The van der Waals surface area contributed by atoms with Crippen molar-refractivity contribution < 1.29 is 0 Å². The smallest absolute Gasteiger partial charge is 0.0462 e. The van der Waals surface area contributed by atoms with Gasteiger partial charge in [0.15, 0.2) is 0 Å². The predicted molar refractivity (Wildman–Crippen MR) is 139 cm³/mol. The van der Waals surface area contributed by atoms with Gasteiger partial charge < -0.3 is 4.90 Å². The first-order chi connectivity index (χ1) is 15.8. The van der Waals surface area contributed by atoms with Crippen molar-refractivity contribution >= 4 is 40.0 Å². The van der Waals surface area contributed by atoms with Crippen LogP contribution in [0.4, 0.5) is 17.1 Å².